The van der Waals surface area contributed by atoms with Crippen LogP contribution in [-0.2, 0) is 11.3 Å². The first-order valence-electron chi connectivity index (χ1n) is 13.7. The number of aldehydes is 1. The normalized spacial score (nSPS) is 22.2. The number of rotatable bonds is 8. The van der Waals surface area contributed by atoms with E-state index in [0.717, 1.165) is 67.3 Å². The molecule has 2 aromatic carbocycles. The monoisotopic (exact) mass is 578 g/mol. The molecular formula is C30H28Cl2N4O4. The molecule has 40 heavy (non-hydrogen) atoms. The van der Waals surface area contributed by atoms with E-state index in [2.05, 4.69) is 20.3 Å². The van der Waals surface area contributed by atoms with Gasteiger partial charge in [-0.2, -0.15) is 0 Å². The predicted molar refractivity (Wildman–Crippen MR) is 151 cm³/mol. The zero-order valence-electron chi connectivity index (χ0n) is 22.0. The van der Waals surface area contributed by atoms with Crippen molar-refractivity contribution >= 4 is 35.5 Å². The Kier molecular flexibility index (Phi) is 6.65. The van der Waals surface area contributed by atoms with Crippen LogP contribution in [0.3, 0.4) is 0 Å². The summed E-state index contributed by atoms with van der Waals surface area (Å²) in [4.78, 5) is 13.4. The van der Waals surface area contributed by atoms with Crippen molar-refractivity contribution in [1.29, 1.82) is 0 Å². The van der Waals surface area contributed by atoms with Crippen LogP contribution in [0.4, 0.5) is 6.01 Å². The average Bonchev–Trinajstić information content (AvgIpc) is 3.41. The first-order valence-corrected chi connectivity index (χ1v) is 14.5. The van der Waals surface area contributed by atoms with Crippen molar-refractivity contribution in [2.24, 2.45) is 0 Å². The van der Waals surface area contributed by atoms with Gasteiger partial charge in [0.05, 0.1) is 22.8 Å². The van der Waals surface area contributed by atoms with Gasteiger partial charge in [0.2, 0.25) is 5.89 Å². The molecule has 206 valence electrons. The van der Waals surface area contributed by atoms with Crippen LogP contribution in [0.2, 0.25) is 10.0 Å². The van der Waals surface area contributed by atoms with Gasteiger partial charge in [-0.1, -0.05) is 45.6 Å². The minimum Gasteiger partial charge on any atom is -0.403 e. The van der Waals surface area contributed by atoms with Gasteiger partial charge in [0.15, 0.2) is 0 Å². The summed E-state index contributed by atoms with van der Waals surface area (Å²) >= 11 is 13.1. The Bertz CT molecular complexity index is 1550. The molecule has 2 aliphatic heterocycles. The lowest BCUT2D eigenvalue weighted by Crippen LogP contribution is -2.45. The average molecular weight is 579 g/mol. The summed E-state index contributed by atoms with van der Waals surface area (Å²) in [5.41, 5.74) is 4.65. The molecule has 2 aromatic heterocycles. The van der Waals surface area contributed by atoms with E-state index in [1.807, 2.05) is 37.3 Å². The highest BCUT2D eigenvalue weighted by molar-refractivity contribution is 6.39. The molecule has 4 aromatic rings. The van der Waals surface area contributed by atoms with Gasteiger partial charge in [-0.15, -0.1) is 5.10 Å². The van der Waals surface area contributed by atoms with Crippen LogP contribution in [0.1, 0.15) is 71.7 Å². The van der Waals surface area contributed by atoms with Crippen molar-refractivity contribution in [3.8, 4) is 22.7 Å². The number of anilines is 1. The summed E-state index contributed by atoms with van der Waals surface area (Å²) in [6, 6.07) is 12.1. The fraction of sp³-hybridized carbons (Fsp3) is 0.400. The topological polar surface area (TPSA) is 94.5 Å². The molecule has 1 aliphatic carbocycles. The molecular weight excluding hydrogens is 551 g/mol. The standard InChI is InChI=1S/C30H28Cl2N4O4/c1-16-11-18(7-8-19(16)14-37)29-33-34-30(39-29)36-20-9-10-21(36)13-22(12-20)38-15-23-27(35-40-28(23)17-5-6-17)26-24(31)3-2-4-25(26)32/h2-4,7-8,11,14,17,20-22H,5-6,9-10,12-13,15H2,1H3. The van der Waals surface area contributed by atoms with Crippen LogP contribution >= 0.6 is 23.2 Å². The summed E-state index contributed by atoms with van der Waals surface area (Å²) in [5, 5.41) is 14.2. The van der Waals surface area contributed by atoms with Gasteiger partial charge >= 0.3 is 6.01 Å². The third-order valence-corrected chi connectivity index (χ3v) is 9.03. The molecule has 0 radical (unpaired) electrons. The highest BCUT2D eigenvalue weighted by Gasteiger charge is 2.44. The lowest BCUT2D eigenvalue weighted by Gasteiger charge is -2.37. The minimum atomic E-state index is 0.0891. The fourth-order valence-electron chi connectivity index (χ4n) is 6.20. The number of ether oxygens (including phenoxy) is 1. The van der Waals surface area contributed by atoms with Gasteiger partial charge in [0.25, 0.3) is 0 Å². The van der Waals surface area contributed by atoms with Crippen LogP contribution in [0.5, 0.6) is 0 Å². The number of nitrogens with zero attached hydrogens (tertiary/aromatic N) is 4. The van der Waals surface area contributed by atoms with E-state index in [0.29, 0.717) is 51.3 Å². The highest BCUT2D eigenvalue weighted by atomic mass is 35.5. The van der Waals surface area contributed by atoms with Crippen LogP contribution in [0.15, 0.2) is 45.3 Å². The number of hydrogen-bond donors (Lipinski definition) is 0. The summed E-state index contributed by atoms with van der Waals surface area (Å²) in [6.07, 6.45) is 6.96. The van der Waals surface area contributed by atoms with E-state index in [1.165, 1.54) is 0 Å². The van der Waals surface area contributed by atoms with E-state index < -0.39 is 0 Å². The molecule has 7 rings (SSSR count). The number of hydrogen-bond acceptors (Lipinski definition) is 8. The SMILES string of the molecule is Cc1cc(-c2nnc(N3C4CCC3CC(OCc3c(-c5c(Cl)cccc5Cl)noc3C3CC3)C4)o2)ccc1C=O. The Morgan fingerprint density at radius 1 is 1.05 bits per heavy atom. The van der Waals surface area contributed by atoms with Crippen LogP contribution in [0.25, 0.3) is 22.7 Å². The second-order valence-electron chi connectivity index (χ2n) is 11.0. The molecule has 4 heterocycles. The number of fused-ring (bicyclic) bond motifs is 2. The first kappa shape index (κ1) is 25.7. The fourth-order valence-corrected chi connectivity index (χ4v) is 6.78. The molecule has 2 unspecified atom stereocenters. The highest BCUT2D eigenvalue weighted by Crippen LogP contribution is 2.47. The van der Waals surface area contributed by atoms with Gasteiger partial charge in [0.1, 0.15) is 17.7 Å². The number of aryl methyl sites for hydroxylation is 1. The smallest absolute Gasteiger partial charge is 0.318 e. The predicted octanol–water partition coefficient (Wildman–Crippen LogP) is 7.41. The van der Waals surface area contributed by atoms with E-state index in [-0.39, 0.29) is 18.2 Å². The lowest BCUT2D eigenvalue weighted by atomic mass is 10.00. The molecule has 0 amide bonds. The van der Waals surface area contributed by atoms with Gasteiger partial charge in [-0.25, -0.2) is 0 Å². The molecule has 8 nitrogen and oxygen atoms in total. The van der Waals surface area contributed by atoms with E-state index >= 15 is 0 Å². The number of piperidine rings is 1. The Hall–Kier alpha value is -3.20. The molecule has 2 bridgehead atoms. The Balaban J connectivity index is 1.07. The molecule has 2 atom stereocenters. The summed E-state index contributed by atoms with van der Waals surface area (Å²) in [6.45, 7) is 2.30. The zero-order chi connectivity index (χ0) is 27.4. The van der Waals surface area contributed by atoms with Crippen LogP contribution in [0, 0.1) is 6.92 Å². The molecule has 0 N–H and O–H groups in total. The van der Waals surface area contributed by atoms with Gasteiger partial charge in [0, 0.05) is 40.3 Å². The molecule has 1 saturated carbocycles. The second kappa shape index (κ2) is 10.3. The maximum atomic E-state index is 11.2. The number of benzene rings is 2. The Morgan fingerprint density at radius 3 is 2.48 bits per heavy atom. The quantitative estimate of drug-likeness (QED) is 0.199. The largest absolute Gasteiger partial charge is 0.403 e. The molecule has 10 heteroatoms. The van der Waals surface area contributed by atoms with Crippen LogP contribution < -0.4 is 4.90 Å². The van der Waals surface area contributed by atoms with Crippen molar-refractivity contribution in [3.05, 3.63) is 68.9 Å². The maximum Gasteiger partial charge on any atom is 0.318 e. The van der Waals surface area contributed by atoms with Crippen LogP contribution in [-0.4, -0.2) is 39.8 Å². The zero-order valence-corrected chi connectivity index (χ0v) is 23.5. The van der Waals surface area contributed by atoms with Gasteiger partial charge in [-0.3, -0.25) is 4.79 Å². The first-order chi connectivity index (χ1) is 19.5. The second-order valence-corrected chi connectivity index (χ2v) is 11.8. The molecule has 3 fully saturated rings. The number of halogens is 2. The van der Waals surface area contributed by atoms with Crippen molar-refractivity contribution in [1.82, 2.24) is 15.4 Å². The van der Waals surface area contributed by atoms with Gasteiger partial charge < -0.3 is 18.6 Å². The number of carbonyl (C=O) groups is 1. The number of aromatic nitrogens is 3. The van der Waals surface area contributed by atoms with Crippen molar-refractivity contribution < 1.29 is 18.5 Å². The Labute approximate surface area is 241 Å². The van der Waals surface area contributed by atoms with E-state index in [9.17, 15) is 4.79 Å². The third kappa shape index (κ3) is 4.62. The van der Waals surface area contributed by atoms with Crippen molar-refractivity contribution in [2.45, 2.75) is 76.2 Å². The van der Waals surface area contributed by atoms with Gasteiger partial charge in [-0.05, 0) is 75.3 Å². The van der Waals surface area contributed by atoms with Crippen molar-refractivity contribution in [3.63, 3.8) is 0 Å². The lowest BCUT2D eigenvalue weighted by molar-refractivity contribution is 0.0139. The third-order valence-electron chi connectivity index (χ3n) is 8.40. The molecule has 3 aliphatic rings. The molecule has 2 saturated heterocycles. The summed E-state index contributed by atoms with van der Waals surface area (Å²) < 4.78 is 18.5. The minimum absolute atomic E-state index is 0.0891. The van der Waals surface area contributed by atoms with E-state index in [1.54, 1.807) is 6.07 Å². The molecule has 0 spiro atoms. The number of carbonyl (C=O) groups excluding carboxylic acids is 1. The summed E-state index contributed by atoms with van der Waals surface area (Å²) in [5.74, 6) is 1.73. The maximum absolute atomic E-state index is 11.2. The summed E-state index contributed by atoms with van der Waals surface area (Å²) in [7, 11) is 0. The van der Waals surface area contributed by atoms with Crippen molar-refractivity contribution in [2.75, 3.05) is 4.90 Å². The Morgan fingerprint density at radius 2 is 1.80 bits per heavy atom. The van der Waals surface area contributed by atoms with E-state index in [4.69, 9.17) is 36.9 Å².